The van der Waals surface area contributed by atoms with Crippen LogP contribution in [0.25, 0.3) is 17.3 Å². The fourth-order valence-electron chi connectivity index (χ4n) is 3.89. The van der Waals surface area contributed by atoms with Crippen LogP contribution < -0.4 is 5.56 Å². The summed E-state index contributed by atoms with van der Waals surface area (Å²) in [6, 6.07) is 22.4. The molecule has 6 nitrogen and oxygen atoms in total. The van der Waals surface area contributed by atoms with E-state index in [-0.39, 0.29) is 11.5 Å². The zero-order chi connectivity index (χ0) is 22.3. The molecule has 1 saturated heterocycles. The standard InChI is InChI=1S/C26H28N4O2/c1-21(30-25(31)15-14-24(27-30)23-12-6-3-7-13-23)26(32)29-19-17-28(18-20-29)16-8-11-22-9-4-2-5-10-22/h2-15,21H,16-20H2,1H3/b11-8+. The second-order valence-electron chi connectivity index (χ2n) is 7.98. The maximum Gasteiger partial charge on any atom is 0.267 e. The molecule has 2 heterocycles. The van der Waals surface area contributed by atoms with E-state index < -0.39 is 6.04 Å². The summed E-state index contributed by atoms with van der Waals surface area (Å²) in [5, 5.41) is 4.48. The number of carbonyl (C=O) groups excluding carboxylic acids is 1. The van der Waals surface area contributed by atoms with Crippen LogP contribution >= 0.6 is 0 Å². The Labute approximate surface area is 188 Å². The van der Waals surface area contributed by atoms with Gasteiger partial charge in [-0.15, -0.1) is 0 Å². The average molecular weight is 429 g/mol. The third-order valence-electron chi connectivity index (χ3n) is 5.78. The highest BCUT2D eigenvalue weighted by Crippen LogP contribution is 2.16. The van der Waals surface area contributed by atoms with Crippen LogP contribution in [0.5, 0.6) is 0 Å². The minimum Gasteiger partial charge on any atom is -0.338 e. The normalized spacial score (nSPS) is 15.7. The monoisotopic (exact) mass is 428 g/mol. The summed E-state index contributed by atoms with van der Waals surface area (Å²) >= 11 is 0. The van der Waals surface area contributed by atoms with Crippen LogP contribution in [-0.2, 0) is 4.79 Å². The number of carbonyl (C=O) groups is 1. The summed E-state index contributed by atoms with van der Waals surface area (Å²) in [4.78, 5) is 29.7. The number of amides is 1. The van der Waals surface area contributed by atoms with Crippen molar-refractivity contribution in [2.75, 3.05) is 32.7 Å². The van der Waals surface area contributed by atoms with Crippen molar-refractivity contribution in [3.05, 3.63) is 94.8 Å². The molecule has 1 aromatic heterocycles. The first-order valence-electron chi connectivity index (χ1n) is 11.0. The molecule has 1 unspecified atom stereocenters. The summed E-state index contributed by atoms with van der Waals surface area (Å²) in [7, 11) is 0. The maximum absolute atomic E-state index is 13.1. The Morgan fingerprint density at radius 1 is 0.938 bits per heavy atom. The molecule has 1 amide bonds. The summed E-state index contributed by atoms with van der Waals surface area (Å²) in [6.07, 6.45) is 4.28. The smallest absolute Gasteiger partial charge is 0.267 e. The predicted molar refractivity (Wildman–Crippen MR) is 127 cm³/mol. The molecule has 164 valence electrons. The van der Waals surface area contributed by atoms with Crippen molar-refractivity contribution >= 4 is 12.0 Å². The number of hydrogen-bond acceptors (Lipinski definition) is 4. The van der Waals surface area contributed by atoms with Gasteiger partial charge in [-0.1, -0.05) is 72.8 Å². The molecule has 1 atom stereocenters. The van der Waals surface area contributed by atoms with Gasteiger partial charge in [0, 0.05) is 44.4 Å². The van der Waals surface area contributed by atoms with Gasteiger partial charge >= 0.3 is 0 Å². The SMILES string of the molecule is CC(C(=O)N1CCN(C/C=C/c2ccccc2)CC1)n1nc(-c2ccccc2)ccc1=O. The first-order valence-corrected chi connectivity index (χ1v) is 11.0. The van der Waals surface area contributed by atoms with Crippen LogP contribution in [0.1, 0.15) is 18.5 Å². The van der Waals surface area contributed by atoms with E-state index in [0.717, 1.165) is 25.2 Å². The van der Waals surface area contributed by atoms with Crippen molar-refractivity contribution in [1.29, 1.82) is 0 Å². The lowest BCUT2D eigenvalue weighted by atomic mass is 10.1. The Hall–Kier alpha value is -3.51. The summed E-state index contributed by atoms with van der Waals surface area (Å²) in [5.74, 6) is -0.0655. The Balaban J connectivity index is 1.36. The van der Waals surface area contributed by atoms with Crippen LogP contribution in [0.3, 0.4) is 0 Å². The summed E-state index contributed by atoms with van der Waals surface area (Å²) in [5.41, 5.74) is 2.51. The number of rotatable bonds is 6. The average Bonchev–Trinajstić information content (AvgIpc) is 2.85. The Morgan fingerprint density at radius 2 is 1.59 bits per heavy atom. The first kappa shape index (κ1) is 21.7. The van der Waals surface area contributed by atoms with E-state index in [0.29, 0.717) is 18.8 Å². The van der Waals surface area contributed by atoms with E-state index in [1.165, 1.54) is 16.3 Å². The first-order chi connectivity index (χ1) is 15.6. The third-order valence-corrected chi connectivity index (χ3v) is 5.78. The van der Waals surface area contributed by atoms with Crippen molar-refractivity contribution in [3.8, 4) is 11.3 Å². The van der Waals surface area contributed by atoms with Gasteiger partial charge in [-0.05, 0) is 18.6 Å². The van der Waals surface area contributed by atoms with Gasteiger partial charge in [0.25, 0.3) is 5.56 Å². The molecule has 4 rings (SSSR count). The van der Waals surface area contributed by atoms with Gasteiger partial charge in [-0.2, -0.15) is 5.10 Å². The lowest BCUT2D eigenvalue weighted by molar-refractivity contribution is -0.136. The molecule has 0 bridgehead atoms. The topological polar surface area (TPSA) is 58.4 Å². The van der Waals surface area contributed by atoms with E-state index >= 15 is 0 Å². The minimum atomic E-state index is -0.643. The lowest BCUT2D eigenvalue weighted by Gasteiger charge is -2.35. The molecular formula is C26H28N4O2. The number of aromatic nitrogens is 2. The Morgan fingerprint density at radius 3 is 2.28 bits per heavy atom. The number of benzene rings is 2. The highest BCUT2D eigenvalue weighted by molar-refractivity contribution is 5.80. The molecule has 0 N–H and O–H groups in total. The fourth-order valence-corrected chi connectivity index (χ4v) is 3.89. The molecule has 6 heteroatoms. The highest BCUT2D eigenvalue weighted by Gasteiger charge is 2.26. The van der Waals surface area contributed by atoms with Crippen molar-refractivity contribution in [2.24, 2.45) is 0 Å². The number of piperazine rings is 1. The molecule has 2 aromatic carbocycles. The van der Waals surface area contributed by atoms with E-state index in [4.69, 9.17) is 0 Å². The molecule has 0 radical (unpaired) electrons. The summed E-state index contributed by atoms with van der Waals surface area (Å²) < 4.78 is 1.31. The van der Waals surface area contributed by atoms with Gasteiger partial charge in [-0.25, -0.2) is 4.68 Å². The third kappa shape index (κ3) is 5.21. The number of hydrogen-bond donors (Lipinski definition) is 0. The van der Waals surface area contributed by atoms with Crippen molar-refractivity contribution in [3.63, 3.8) is 0 Å². The van der Waals surface area contributed by atoms with Gasteiger partial charge in [0.2, 0.25) is 5.91 Å². The fraction of sp³-hybridized carbons (Fsp3) is 0.269. The van der Waals surface area contributed by atoms with Crippen molar-refractivity contribution in [2.45, 2.75) is 13.0 Å². The van der Waals surface area contributed by atoms with Crippen LogP contribution in [-0.4, -0.2) is 58.2 Å². The van der Waals surface area contributed by atoms with Gasteiger partial charge in [-0.3, -0.25) is 14.5 Å². The van der Waals surface area contributed by atoms with Crippen LogP contribution in [0.2, 0.25) is 0 Å². The summed E-state index contributed by atoms with van der Waals surface area (Å²) in [6.45, 7) is 5.52. The molecule has 1 aliphatic rings. The molecule has 0 saturated carbocycles. The molecular weight excluding hydrogens is 400 g/mol. The molecule has 0 aliphatic carbocycles. The molecule has 1 aliphatic heterocycles. The van der Waals surface area contributed by atoms with Crippen LogP contribution in [0, 0.1) is 0 Å². The van der Waals surface area contributed by atoms with Gasteiger partial charge in [0.1, 0.15) is 6.04 Å². The van der Waals surface area contributed by atoms with E-state index in [9.17, 15) is 9.59 Å². The van der Waals surface area contributed by atoms with Gasteiger partial charge < -0.3 is 4.90 Å². The Kier molecular flexibility index (Phi) is 6.92. The van der Waals surface area contributed by atoms with Crippen molar-refractivity contribution < 1.29 is 4.79 Å². The highest BCUT2D eigenvalue weighted by atomic mass is 16.2. The second-order valence-corrected chi connectivity index (χ2v) is 7.98. The van der Waals surface area contributed by atoms with Crippen LogP contribution in [0.4, 0.5) is 0 Å². The molecule has 0 spiro atoms. The zero-order valence-corrected chi connectivity index (χ0v) is 18.3. The lowest BCUT2D eigenvalue weighted by Crippen LogP contribution is -2.51. The predicted octanol–water partition coefficient (Wildman–Crippen LogP) is 3.33. The number of nitrogens with zero attached hydrogens (tertiary/aromatic N) is 4. The van der Waals surface area contributed by atoms with Crippen LogP contribution in [0.15, 0.2) is 83.7 Å². The molecule has 3 aromatic rings. The second kappa shape index (κ2) is 10.2. The van der Waals surface area contributed by atoms with E-state index in [2.05, 4.69) is 34.3 Å². The zero-order valence-electron chi connectivity index (χ0n) is 18.3. The Bertz CT molecular complexity index is 1120. The largest absolute Gasteiger partial charge is 0.338 e. The van der Waals surface area contributed by atoms with Gasteiger partial charge in [0.05, 0.1) is 5.69 Å². The maximum atomic E-state index is 13.1. The quantitative estimate of drug-likeness (QED) is 0.604. The van der Waals surface area contributed by atoms with E-state index in [1.54, 1.807) is 13.0 Å². The minimum absolute atomic E-state index is 0.0655. The van der Waals surface area contributed by atoms with E-state index in [1.807, 2.05) is 53.4 Å². The van der Waals surface area contributed by atoms with Gasteiger partial charge in [0.15, 0.2) is 0 Å². The molecule has 1 fully saturated rings. The molecule has 32 heavy (non-hydrogen) atoms. The van der Waals surface area contributed by atoms with Crippen molar-refractivity contribution in [1.82, 2.24) is 19.6 Å².